The second kappa shape index (κ2) is 7.48. The van der Waals surface area contributed by atoms with Crippen LogP contribution in [0.1, 0.15) is 11.1 Å². The third-order valence-corrected chi connectivity index (χ3v) is 6.29. The summed E-state index contributed by atoms with van der Waals surface area (Å²) in [5.74, 6) is -0.463. The lowest BCUT2D eigenvalue weighted by Gasteiger charge is -2.25. The Balaban J connectivity index is 2.13. The third-order valence-electron chi connectivity index (χ3n) is 4.02. The maximum Gasteiger partial charge on any atom is 0.266 e. The van der Waals surface area contributed by atoms with Crippen molar-refractivity contribution in [1.29, 1.82) is 0 Å². The van der Waals surface area contributed by atoms with Crippen LogP contribution in [-0.4, -0.2) is 8.42 Å². The molecule has 0 atom stereocenters. The van der Waals surface area contributed by atoms with Crippen LogP contribution >= 0.6 is 11.6 Å². The van der Waals surface area contributed by atoms with Crippen molar-refractivity contribution in [2.75, 3.05) is 4.31 Å². The number of hydrogen-bond acceptors (Lipinski definition) is 2. The van der Waals surface area contributed by atoms with Gasteiger partial charge in [-0.05, 0) is 42.3 Å². The van der Waals surface area contributed by atoms with Gasteiger partial charge in [0.05, 0.1) is 17.3 Å². The molecular formula is C20H17ClFNO2S. The third kappa shape index (κ3) is 3.74. The van der Waals surface area contributed by atoms with Crippen LogP contribution in [0.4, 0.5) is 10.1 Å². The Morgan fingerprint density at radius 3 is 2.27 bits per heavy atom. The molecule has 0 amide bonds. The molecule has 3 rings (SSSR count). The maximum atomic E-state index is 14.1. The first-order valence-electron chi connectivity index (χ1n) is 7.97. The van der Waals surface area contributed by atoms with E-state index in [1.807, 2.05) is 30.3 Å². The van der Waals surface area contributed by atoms with E-state index in [1.165, 1.54) is 22.5 Å². The molecule has 0 spiro atoms. The molecule has 0 saturated heterocycles. The minimum Gasteiger partial charge on any atom is -0.262 e. The highest BCUT2D eigenvalue weighted by Crippen LogP contribution is 2.30. The summed E-state index contributed by atoms with van der Waals surface area (Å²) < 4.78 is 41.8. The van der Waals surface area contributed by atoms with E-state index in [0.29, 0.717) is 5.56 Å². The summed E-state index contributed by atoms with van der Waals surface area (Å²) in [5.41, 5.74) is 1.48. The zero-order valence-electron chi connectivity index (χ0n) is 14.1. The average molecular weight is 390 g/mol. The number of anilines is 1. The Bertz CT molecular complexity index is 1020. The van der Waals surface area contributed by atoms with Crippen LogP contribution in [0.15, 0.2) is 77.7 Å². The summed E-state index contributed by atoms with van der Waals surface area (Å²) in [6.45, 7) is 1.69. The summed E-state index contributed by atoms with van der Waals surface area (Å²) in [4.78, 5) is -0.0152. The molecule has 3 nitrogen and oxygen atoms in total. The van der Waals surface area contributed by atoms with Crippen LogP contribution in [0.3, 0.4) is 0 Å². The van der Waals surface area contributed by atoms with Crippen LogP contribution in [0.25, 0.3) is 0 Å². The minimum absolute atomic E-state index is 0.0152. The van der Waals surface area contributed by atoms with Crippen molar-refractivity contribution in [3.8, 4) is 0 Å². The zero-order chi connectivity index (χ0) is 18.7. The highest BCUT2D eigenvalue weighted by Gasteiger charge is 2.27. The van der Waals surface area contributed by atoms with Gasteiger partial charge in [-0.3, -0.25) is 4.31 Å². The second-order valence-corrected chi connectivity index (χ2v) is 8.10. The fraction of sp³-hybridized carbons (Fsp3) is 0.100. The van der Waals surface area contributed by atoms with E-state index in [1.54, 1.807) is 31.2 Å². The van der Waals surface area contributed by atoms with Gasteiger partial charge >= 0.3 is 0 Å². The first-order valence-corrected chi connectivity index (χ1v) is 9.79. The molecule has 0 fully saturated rings. The van der Waals surface area contributed by atoms with Crippen LogP contribution < -0.4 is 4.31 Å². The number of benzene rings is 3. The largest absolute Gasteiger partial charge is 0.266 e. The fourth-order valence-corrected chi connectivity index (χ4v) is 4.51. The molecule has 26 heavy (non-hydrogen) atoms. The minimum atomic E-state index is -3.98. The number of sulfonamides is 1. The molecule has 3 aromatic rings. The Hall–Kier alpha value is -2.37. The van der Waals surface area contributed by atoms with Crippen molar-refractivity contribution in [1.82, 2.24) is 0 Å². The van der Waals surface area contributed by atoms with Gasteiger partial charge in [0, 0.05) is 0 Å². The van der Waals surface area contributed by atoms with Crippen molar-refractivity contribution in [3.05, 3.63) is 94.8 Å². The number of hydrogen-bond donors (Lipinski definition) is 0. The summed E-state index contributed by atoms with van der Waals surface area (Å²) in [6, 6.07) is 19.7. The van der Waals surface area contributed by atoms with Crippen molar-refractivity contribution in [2.45, 2.75) is 18.4 Å². The van der Waals surface area contributed by atoms with Crippen molar-refractivity contribution in [3.63, 3.8) is 0 Å². The maximum absolute atomic E-state index is 14.1. The van der Waals surface area contributed by atoms with Crippen molar-refractivity contribution < 1.29 is 12.8 Å². The van der Waals surface area contributed by atoms with E-state index in [2.05, 4.69) is 0 Å². The topological polar surface area (TPSA) is 37.4 Å². The van der Waals surface area contributed by atoms with E-state index in [0.717, 1.165) is 5.56 Å². The Morgan fingerprint density at radius 1 is 0.962 bits per heavy atom. The first kappa shape index (κ1) is 18.4. The average Bonchev–Trinajstić information content (AvgIpc) is 2.63. The van der Waals surface area contributed by atoms with Gasteiger partial charge in [-0.1, -0.05) is 60.1 Å². The fourth-order valence-electron chi connectivity index (χ4n) is 2.57. The van der Waals surface area contributed by atoms with E-state index in [9.17, 15) is 12.8 Å². The molecule has 0 aliphatic heterocycles. The van der Waals surface area contributed by atoms with E-state index in [4.69, 9.17) is 11.6 Å². The SMILES string of the molecule is Cc1ccc(N(Cc2ccccc2)S(=O)(=O)c2ccccc2Cl)cc1F. The normalized spacial score (nSPS) is 11.3. The van der Waals surface area contributed by atoms with Gasteiger partial charge < -0.3 is 0 Å². The molecule has 0 heterocycles. The number of halogens is 2. The predicted octanol–water partition coefficient (Wildman–Crippen LogP) is 5.18. The molecule has 0 unspecified atom stereocenters. The standard InChI is InChI=1S/C20H17ClFNO2S/c1-15-11-12-17(13-19(15)22)23(14-16-7-3-2-4-8-16)26(24,25)20-10-6-5-9-18(20)21/h2-13H,14H2,1H3. The molecule has 0 bridgehead atoms. The lowest BCUT2D eigenvalue weighted by Crippen LogP contribution is -2.31. The van der Waals surface area contributed by atoms with Gasteiger partial charge in [0.25, 0.3) is 10.0 Å². The van der Waals surface area contributed by atoms with E-state index >= 15 is 0 Å². The van der Waals surface area contributed by atoms with Crippen molar-refractivity contribution >= 4 is 27.3 Å². The van der Waals surface area contributed by atoms with Crippen LogP contribution in [-0.2, 0) is 16.6 Å². The quantitative estimate of drug-likeness (QED) is 0.602. The number of nitrogens with zero attached hydrogens (tertiary/aromatic N) is 1. The molecule has 0 aliphatic carbocycles. The number of rotatable bonds is 5. The summed E-state index contributed by atoms with van der Waals surface area (Å²) in [6.07, 6.45) is 0. The van der Waals surface area contributed by atoms with E-state index < -0.39 is 15.8 Å². The first-order chi connectivity index (χ1) is 12.4. The molecular weight excluding hydrogens is 373 g/mol. The van der Waals surface area contributed by atoms with Crippen LogP contribution in [0.5, 0.6) is 0 Å². The van der Waals surface area contributed by atoms with Gasteiger partial charge in [-0.2, -0.15) is 0 Å². The van der Waals surface area contributed by atoms with Gasteiger partial charge in [-0.25, -0.2) is 12.8 Å². The Kier molecular flexibility index (Phi) is 5.30. The molecule has 0 radical (unpaired) electrons. The van der Waals surface area contributed by atoms with Gasteiger partial charge in [-0.15, -0.1) is 0 Å². The molecule has 0 N–H and O–H groups in total. The second-order valence-electron chi connectivity index (χ2n) is 5.86. The molecule has 0 saturated carbocycles. The summed E-state index contributed by atoms with van der Waals surface area (Å²) >= 11 is 6.12. The lowest BCUT2D eigenvalue weighted by atomic mass is 10.2. The number of aryl methyl sites for hydroxylation is 1. The molecule has 0 aromatic heterocycles. The smallest absolute Gasteiger partial charge is 0.262 e. The van der Waals surface area contributed by atoms with Gasteiger partial charge in [0.15, 0.2) is 0 Å². The summed E-state index contributed by atoms with van der Waals surface area (Å²) in [5, 5.41) is 0.123. The Morgan fingerprint density at radius 2 is 1.62 bits per heavy atom. The van der Waals surface area contributed by atoms with E-state index in [-0.39, 0.29) is 22.2 Å². The Labute approximate surface area is 157 Å². The zero-order valence-corrected chi connectivity index (χ0v) is 15.6. The molecule has 6 heteroatoms. The predicted molar refractivity (Wildman–Crippen MR) is 102 cm³/mol. The molecule has 134 valence electrons. The lowest BCUT2D eigenvalue weighted by molar-refractivity contribution is 0.589. The molecule has 0 aliphatic rings. The van der Waals surface area contributed by atoms with Gasteiger partial charge in [0.2, 0.25) is 0 Å². The summed E-state index contributed by atoms with van der Waals surface area (Å²) in [7, 11) is -3.98. The monoisotopic (exact) mass is 389 g/mol. The highest BCUT2D eigenvalue weighted by atomic mass is 35.5. The highest BCUT2D eigenvalue weighted by molar-refractivity contribution is 7.93. The van der Waals surface area contributed by atoms with Gasteiger partial charge in [0.1, 0.15) is 10.7 Å². The van der Waals surface area contributed by atoms with Crippen molar-refractivity contribution in [2.24, 2.45) is 0 Å². The van der Waals surface area contributed by atoms with Crippen LogP contribution in [0.2, 0.25) is 5.02 Å². The van der Waals surface area contributed by atoms with Crippen LogP contribution in [0, 0.1) is 12.7 Å². The molecule has 3 aromatic carbocycles.